The van der Waals surface area contributed by atoms with E-state index in [1.165, 1.54) is 12.8 Å². The fourth-order valence-corrected chi connectivity index (χ4v) is 2.36. The number of rotatable bonds is 4. The first-order valence-electron chi connectivity index (χ1n) is 6.75. The first kappa shape index (κ1) is 11.4. The molecule has 1 saturated carbocycles. The van der Waals surface area contributed by atoms with Gasteiger partial charge in [0.05, 0.1) is 12.8 Å². The van der Waals surface area contributed by atoms with Crippen LogP contribution < -0.4 is 10.6 Å². The van der Waals surface area contributed by atoms with Crippen LogP contribution in [0, 0.1) is 0 Å². The number of nitrogens with two attached hydrogens (primary N) is 1. The molecule has 1 aliphatic carbocycles. The first-order chi connectivity index (χ1) is 9.79. The van der Waals surface area contributed by atoms with Crippen molar-refractivity contribution in [1.82, 2.24) is 4.98 Å². The summed E-state index contributed by atoms with van der Waals surface area (Å²) < 4.78 is 11.3. The zero-order valence-electron chi connectivity index (χ0n) is 11.0. The molecule has 1 aromatic carbocycles. The molecule has 5 nitrogen and oxygen atoms in total. The van der Waals surface area contributed by atoms with Gasteiger partial charge < -0.3 is 19.5 Å². The normalized spacial score (nSPS) is 14.8. The number of hydrogen-bond donors (Lipinski definition) is 1. The second-order valence-electron chi connectivity index (χ2n) is 5.16. The molecule has 0 amide bonds. The summed E-state index contributed by atoms with van der Waals surface area (Å²) in [6, 6.07) is 10.5. The second kappa shape index (κ2) is 4.30. The molecule has 0 radical (unpaired) electrons. The molecule has 0 bridgehead atoms. The van der Waals surface area contributed by atoms with E-state index in [2.05, 4.69) is 9.88 Å². The summed E-state index contributed by atoms with van der Waals surface area (Å²) in [5.41, 5.74) is 8.04. The van der Waals surface area contributed by atoms with Gasteiger partial charge in [0.15, 0.2) is 5.58 Å². The molecule has 2 aromatic heterocycles. The number of aromatic nitrogens is 1. The molecular formula is C15H15N3O2. The van der Waals surface area contributed by atoms with Gasteiger partial charge in [-0.05, 0) is 43.2 Å². The smallest absolute Gasteiger partial charge is 0.299 e. The Bertz CT molecular complexity index is 729. The highest BCUT2D eigenvalue weighted by Crippen LogP contribution is 2.34. The summed E-state index contributed by atoms with van der Waals surface area (Å²) in [6.07, 6.45) is 4.02. The van der Waals surface area contributed by atoms with Crippen LogP contribution in [-0.4, -0.2) is 11.0 Å². The summed E-state index contributed by atoms with van der Waals surface area (Å²) in [6.45, 7) is 0.681. The van der Waals surface area contributed by atoms with E-state index in [9.17, 15) is 0 Å². The van der Waals surface area contributed by atoms with Gasteiger partial charge in [0, 0.05) is 11.7 Å². The van der Waals surface area contributed by atoms with Gasteiger partial charge in [0.2, 0.25) is 0 Å². The van der Waals surface area contributed by atoms with E-state index in [4.69, 9.17) is 14.6 Å². The summed E-state index contributed by atoms with van der Waals surface area (Å²) >= 11 is 0. The maximum Gasteiger partial charge on any atom is 0.299 e. The summed E-state index contributed by atoms with van der Waals surface area (Å²) in [4.78, 5) is 6.72. The van der Waals surface area contributed by atoms with Crippen LogP contribution in [0.25, 0.3) is 11.1 Å². The van der Waals surface area contributed by atoms with Gasteiger partial charge in [-0.2, -0.15) is 4.98 Å². The number of oxazole rings is 1. The zero-order valence-corrected chi connectivity index (χ0v) is 11.0. The standard InChI is InChI=1S/C15H15N3O2/c16-10-3-6-14-13(8-10)17-15(20-14)18(11-4-5-11)9-12-2-1-7-19-12/h1-3,6-8,11H,4-5,9,16H2. The van der Waals surface area contributed by atoms with Gasteiger partial charge in [-0.15, -0.1) is 0 Å². The average Bonchev–Trinajstić information content (AvgIpc) is 2.99. The number of anilines is 2. The van der Waals surface area contributed by atoms with Crippen molar-refractivity contribution in [2.24, 2.45) is 0 Å². The SMILES string of the molecule is Nc1ccc2oc(N(Cc3ccco3)C3CC3)nc2c1. The quantitative estimate of drug-likeness (QED) is 0.737. The maximum absolute atomic E-state index is 5.85. The molecule has 5 heteroatoms. The van der Waals surface area contributed by atoms with Gasteiger partial charge in [0.1, 0.15) is 11.3 Å². The third-order valence-corrected chi connectivity index (χ3v) is 3.54. The molecule has 1 fully saturated rings. The minimum atomic E-state index is 0.491. The van der Waals surface area contributed by atoms with Crippen molar-refractivity contribution in [2.75, 3.05) is 10.6 Å². The lowest BCUT2D eigenvalue weighted by atomic mass is 10.3. The molecule has 1 aliphatic rings. The molecule has 4 rings (SSSR count). The number of nitrogens with zero attached hydrogens (tertiary/aromatic N) is 2. The van der Waals surface area contributed by atoms with E-state index < -0.39 is 0 Å². The van der Waals surface area contributed by atoms with Crippen LogP contribution in [0.1, 0.15) is 18.6 Å². The minimum absolute atomic E-state index is 0.491. The lowest BCUT2D eigenvalue weighted by molar-refractivity contribution is 0.483. The van der Waals surface area contributed by atoms with Crippen molar-refractivity contribution in [2.45, 2.75) is 25.4 Å². The van der Waals surface area contributed by atoms with E-state index >= 15 is 0 Å². The Balaban J connectivity index is 1.70. The molecule has 0 saturated heterocycles. The van der Waals surface area contributed by atoms with Crippen LogP contribution >= 0.6 is 0 Å². The van der Waals surface area contributed by atoms with Gasteiger partial charge >= 0.3 is 0 Å². The number of fused-ring (bicyclic) bond motifs is 1. The Morgan fingerprint density at radius 1 is 1.30 bits per heavy atom. The third-order valence-electron chi connectivity index (χ3n) is 3.54. The Morgan fingerprint density at radius 3 is 2.95 bits per heavy atom. The highest BCUT2D eigenvalue weighted by Gasteiger charge is 2.32. The van der Waals surface area contributed by atoms with Crippen LogP contribution in [0.5, 0.6) is 0 Å². The largest absolute Gasteiger partial charge is 0.467 e. The highest BCUT2D eigenvalue weighted by molar-refractivity contribution is 5.78. The Hall–Kier alpha value is -2.43. The van der Waals surface area contributed by atoms with E-state index in [-0.39, 0.29) is 0 Å². The fraction of sp³-hybridized carbons (Fsp3) is 0.267. The molecule has 102 valence electrons. The molecule has 0 aliphatic heterocycles. The lowest BCUT2D eigenvalue weighted by Gasteiger charge is -2.18. The maximum atomic E-state index is 5.85. The number of hydrogen-bond acceptors (Lipinski definition) is 5. The highest BCUT2D eigenvalue weighted by atomic mass is 16.4. The predicted octanol–water partition coefficient (Wildman–Crippen LogP) is 3.17. The van der Waals surface area contributed by atoms with Crippen molar-refractivity contribution < 1.29 is 8.83 Å². The predicted molar refractivity (Wildman–Crippen MR) is 76.3 cm³/mol. The van der Waals surface area contributed by atoms with Crippen molar-refractivity contribution in [3.8, 4) is 0 Å². The molecule has 0 atom stereocenters. The Kier molecular flexibility index (Phi) is 2.45. The zero-order chi connectivity index (χ0) is 13.5. The van der Waals surface area contributed by atoms with Gasteiger partial charge in [0.25, 0.3) is 6.01 Å². The average molecular weight is 269 g/mol. The van der Waals surface area contributed by atoms with Crippen LogP contribution in [0.2, 0.25) is 0 Å². The van der Waals surface area contributed by atoms with Crippen LogP contribution in [-0.2, 0) is 6.54 Å². The van der Waals surface area contributed by atoms with Crippen LogP contribution in [0.15, 0.2) is 45.4 Å². The molecule has 3 aromatic rings. The third kappa shape index (κ3) is 2.01. The van der Waals surface area contributed by atoms with E-state index in [0.29, 0.717) is 24.3 Å². The molecule has 2 N–H and O–H groups in total. The van der Waals surface area contributed by atoms with Crippen molar-refractivity contribution in [3.05, 3.63) is 42.4 Å². The van der Waals surface area contributed by atoms with Gasteiger partial charge in [-0.25, -0.2) is 0 Å². The van der Waals surface area contributed by atoms with Crippen molar-refractivity contribution in [3.63, 3.8) is 0 Å². The van der Waals surface area contributed by atoms with E-state index in [1.54, 1.807) is 6.26 Å². The molecule has 0 unspecified atom stereocenters. The summed E-state index contributed by atoms with van der Waals surface area (Å²) in [5, 5.41) is 0. The van der Waals surface area contributed by atoms with E-state index in [1.807, 2.05) is 30.3 Å². The van der Waals surface area contributed by atoms with Gasteiger partial charge in [-0.3, -0.25) is 0 Å². The molecule has 2 heterocycles. The molecular weight excluding hydrogens is 254 g/mol. The minimum Gasteiger partial charge on any atom is -0.467 e. The number of nitrogen functional groups attached to an aromatic ring is 1. The summed E-state index contributed by atoms with van der Waals surface area (Å²) in [5.74, 6) is 0.915. The monoisotopic (exact) mass is 269 g/mol. The lowest BCUT2D eigenvalue weighted by Crippen LogP contribution is -2.24. The van der Waals surface area contributed by atoms with Crippen molar-refractivity contribution in [1.29, 1.82) is 0 Å². The van der Waals surface area contributed by atoms with Crippen LogP contribution in [0.4, 0.5) is 11.7 Å². The first-order valence-corrected chi connectivity index (χ1v) is 6.75. The number of furan rings is 1. The fourth-order valence-electron chi connectivity index (χ4n) is 2.36. The topological polar surface area (TPSA) is 68.4 Å². The molecule has 0 spiro atoms. The van der Waals surface area contributed by atoms with Crippen molar-refractivity contribution >= 4 is 22.8 Å². The van der Waals surface area contributed by atoms with Crippen LogP contribution in [0.3, 0.4) is 0 Å². The van der Waals surface area contributed by atoms with E-state index in [0.717, 1.165) is 16.9 Å². The second-order valence-corrected chi connectivity index (χ2v) is 5.16. The Morgan fingerprint density at radius 2 is 2.20 bits per heavy atom. The number of benzene rings is 1. The summed E-state index contributed by atoms with van der Waals surface area (Å²) in [7, 11) is 0. The van der Waals surface area contributed by atoms with Gasteiger partial charge in [-0.1, -0.05) is 0 Å². The molecule has 20 heavy (non-hydrogen) atoms. The Labute approximate surface area is 116 Å².